The van der Waals surface area contributed by atoms with Crippen LogP contribution in [0.5, 0.6) is 0 Å². The highest BCUT2D eigenvalue weighted by Gasteiger charge is 2.16. The van der Waals surface area contributed by atoms with Crippen molar-refractivity contribution in [3.8, 4) is 0 Å². The van der Waals surface area contributed by atoms with Crippen LogP contribution >= 0.6 is 15.9 Å². The summed E-state index contributed by atoms with van der Waals surface area (Å²) < 4.78 is 0.679. The van der Waals surface area contributed by atoms with E-state index in [1.54, 1.807) is 12.1 Å². The minimum Gasteiger partial charge on any atom is -0.300 e. The first-order valence-corrected chi connectivity index (χ1v) is 5.23. The van der Waals surface area contributed by atoms with Crippen molar-refractivity contribution in [2.24, 2.45) is 0 Å². The third kappa shape index (κ3) is 3.13. The molecule has 5 heteroatoms. The lowest BCUT2D eigenvalue weighted by Gasteiger charge is -2.03. The fraction of sp³-hybridized carbons (Fsp3) is 0.300. The zero-order valence-electron chi connectivity index (χ0n) is 8.20. The van der Waals surface area contributed by atoms with E-state index in [-0.39, 0.29) is 11.5 Å². The Morgan fingerprint density at radius 3 is 2.73 bits per heavy atom. The van der Waals surface area contributed by atoms with Gasteiger partial charge in [0.15, 0.2) is 0 Å². The van der Waals surface area contributed by atoms with Gasteiger partial charge in [-0.25, -0.2) is 0 Å². The molecule has 80 valence electrons. The zero-order chi connectivity index (χ0) is 11.4. The average molecular weight is 272 g/mol. The van der Waals surface area contributed by atoms with Crippen LogP contribution in [0.15, 0.2) is 22.7 Å². The summed E-state index contributed by atoms with van der Waals surface area (Å²) >= 11 is 3.25. The van der Waals surface area contributed by atoms with E-state index >= 15 is 0 Å². The van der Waals surface area contributed by atoms with Gasteiger partial charge in [0.2, 0.25) is 0 Å². The molecule has 0 aliphatic rings. The number of Topliss-reactive ketones (excluding diaryl/α,β-unsaturated/α-hetero) is 1. The van der Waals surface area contributed by atoms with Gasteiger partial charge in [-0.2, -0.15) is 0 Å². The largest absolute Gasteiger partial charge is 0.300 e. The van der Waals surface area contributed by atoms with Gasteiger partial charge in [0, 0.05) is 22.5 Å². The fourth-order valence-corrected chi connectivity index (χ4v) is 1.82. The van der Waals surface area contributed by atoms with E-state index in [0.29, 0.717) is 22.9 Å². The molecule has 0 saturated carbocycles. The molecule has 0 unspecified atom stereocenters. The lowest BCUT2D eigenvalue weighted by Crippen LogP contribution is -2.00. The van der Waals surface area contributed by atoms with Crippen molar-refractivity contribution in [2.45, 2.75) is 19.8 Å². The molecule has 0 aromatic heterocycles. The van der Waals surface area contributed by atoms with Crippen molar-refractivity contribution in [2.75, 3.05) is 0 Å². The van der Waals surface area contributed by atoms with E-state index in [2.05, 4.69) is 15.9 Å². The fourth-order valence-electron chi connectivity index (χ4n) is 1.27. The topological polar surface area (TPSA) is 60.2 Å². The highest BCUT2D eigenvalue weighted by molar-refractivity contribution is 9.10. The summed E-state index contributed by atoms with van der Waals surface area (Å²) in [7, 11) is 0. The molecule has 0 spiro atoms. The number of hydrogen-bond acceptors (Lipinski definition) is 3. The van der Waals surface area contributed by atoms with Gasteiger partial charge in [0.25, 0.3) is 5.69 Å². The van der Waals surface area contributed by atoms with Crippen LogP contribution < -0.4 is 0 Å². The third-order valence-electron chi connectivity index (χ3n) is 2.02. The van der Waals surface area contributed by atoms with Crippen LogP contribution in [0.25, 0.3) is 0 Å². The molecular weight excluding hydrogens is 262 g/mol. The molecule has 0 saturated heterocycles. The van der Waals surface area contributed by atoms with E-state index in [1.165, 1.54) is 13.0 Å². The Balaban J connectivity index is 3.02. The van der Waals surface area contributed by atoms with E-state index in [1.807, 2.05) is 0 Å². The molecular formula is C10H10BrNO3. The van der Waals surface area contributed by atoms with Gasteiger partial charge < -0.3 is 4.79 Å². The Morgan fingerprint density at radius 2 is 2.20 bits per heavy atom. The summed E-state index contributed by atoms with van der Waals surface area (Å²) in [4.78, 5) is 21.1. The van der Waals surface area contributed by atoms with Gasteiger partial charge in [-0.15, -0.1) is 0 Å². The summed E-state index contributed by atoms with van der Waals surface area (Å²) in [6.07, 6.45) is 0.719. The maximum Gasteiger partial charge on any atom is 0.273 e. The predicted molar refractivity (Wildman–Crippen MR) is 59.8 cm³/mol. The Kier molecular flexibility index (Phi) is 3.96. The Hall–Kier alpha value is -1.23. The number of carbonyl (C=O) groups excluding carboxylic acids is 1. The predicted octanol–water partition coefficient (Wildman–Crippen LogP) is 2.88. The van der Waals surface area contributed by atoms with Gasteiger partial charge >= 0.3 is 0 Å². The summed E-state index contributed by atoms with van der Waals surface area (Å²) in [5.74, 6) is 0.0278. The van der Waals surface area contributed by atoms with Gasteiger partial charge in [0.05, 0.1) is 4.92 Å². The number of rotatable bonds is 4. The quantitative estimate of drug-likeness (QED) is 0.625. The molecule has 0 heterocycles. The molecule has 1 aromatic rings. The van der Waals surface area contributed by atoms with Gasteiger partial charge in [-0.1, -0.05) is 22.0 Å². The average Bonchev–Trinajstić information content (AvgIpc) is 2.15. The summed E-state index contributed by atoms with van der Waals surface area (Å²) in [6.45, 7) is 1.47. The van der Waals surface area contributed by atoms with Gasteiger partial charge in [-0.3, -0.25) is 10.1 Å². The minimum absolute atomic E-state index is 0.0278. The number of nitro benzene ring substituents is 1. The smallest absolute Gasteiger partial charge is 0.273 e. The molecule has 0 amide bonds. The maximum atomic E-state index is 10.8. The molecule has 0 aliphatic heterocycles. The second kappa shape index (κ2) is 5.02. The number of nitro groups is 1. The molecule has 0 fully saturated rings. The maximum absolute atomic E-state index is 10.8. The second-order valence-corrected chi connectivity index (χ2v) is 4.05. The van der Waals surface area contributed by atoms with Crippen LogP contribution in [0.2, 0.25) is 0 Å². The normalized spacial score (nSPS) is 10.0. The Morgan fingerprint density at radius 1 is 1.53 bits per heavy atom. The molecule has 1 rings (SSSR count). The lowest BCUT2D eigenvalue weighted by atomic mass is 10.1. The number of carbonyl (C=O) groups is 1. The molecule has 4 nitrogen and oxygen atoms in total. The monoisotopic (exact) mass is 271 g/mol. The van der Waals surface area contributed by atoms with E-state index in [9.17, 15) is 14.9 Å². The third-order valence-corrected chi connectivity index (χ3v) is 2.76. The molecule has 0 radical (unpaired) electrons. The van der Waals surface area contributed by atoms with E-state index < -0.39 is 4.92 Å². The van der Waals surface area contributed by atoms with Crippen molar-refractivity contribution < 1.29 is 9.72 Å². The van der Waals surface area contributed by atoms with Gasteiger partial charge in [-0.05, 0) is 19.4 Å². The number of hydrogen-bond donors (Lipinski definition) is 0. The Labute approximate surface area is 95.6 Å². The Bertz CT molecular complexity index is 404. The minimum atomic E-state index is -0.430. The zero-order valence-corrected chi connectivity index (χ0v) is 9.78. The number of ketones is 1. The number of halogens is 1. The second-order valence-electron chi connectivity index (χ2n) is 3.20. The molecule has 0 atom stereocenters. The summed E-state index contributed by atoms with van der Waals surface area (Å²) in [5, 5.41) is 10.7. The van der Waals surface area contributed by atoms with Crippen LogP contribution in [-0.4, -0.2) is 10.7 Å². The van der Waals surface area contributed by atoms with Gasteiger partial charge in [0.1, 0.15) is 5.78 Å². The lowest BCUT2D eigenvalue weighted by molar-refractivity contribution is -0.385. The molecule has 0 aliphatic carbocycles. The first kappa shape index (κ1) is 11.8. The van der Waals surface area contributed by atoms with Crippen LogP contribution in [-0.2, 0) is 11.2 Å². The summed E-state index contributed by atoms with van der Waals surface area (Å²) in [6, 6.07) is 4.79. The number of nitrogens with zero attached hydrogens (tertiary/aromatic N) is 1. The van der Waals surface area contributed by atoms with Crippen molar-refractivity contribution >= 4 is 27.4 Å². The standard InChI is InChI=1S/C10H10BrNO3/c1-7(13)5-6-8-9(11)3-2-4-10(8)12(14)15/h2-4H,5-6H2,1H3. The van der Waals surface area contributed by atoms with Crippen molar-refractivity contribution in [1.82, 2.24) is 0 Å². The van der Waals surface area contributed by atoms with Crippen LogP contribution in [0.1, 0.15) is 18.9 Å². The van der Waals surface area contributed by atoms with Crippen LogP contribution in [0.3, 0.4) is 0 Å². The molecule has 0 bridgehead atoms. The highest BCUT2D eigenvalue weighted by atomic mass is 79.9. The molecule has 1 aromatic carbocycles. The number of benzene rings is 1. The van der Waals surface area contributed by atoms with Crippen molar-refractivity contribution in [3.05, 3.63) is 38.3 Å². The highest BCUT2D eigenvalue weighted by Crippen LogP contribution is 2.27. The SMILES string of the molecule is CC(=O)CCc1c(Br)cccc1[N+](=O)[O-]. The molecule has 0 N–H and O–H groups in total. The van der Waals surface area contributed by atoms with E-state index in [4.69, 9.17) is 0 Å². The van der Waals surface area contributed by atoms with Crippen LogP contribution in [0, 0.1) is 10.1 Å². The first-order chi connectivity index (χ1) is 7.02. The van der Waals surface area contributed by atoms with Crippen molar-refractivity contribution in [3.63, 3.8) is 0 Å². The summed E-state index contributed by atoms with van der Waals surface area (Å²) in [5.41, 5.74) is 0.642. The van der Waals surface area contributed by atoms with E-state index in [0.717, 1.165) is 0 Å². The molecule has 15 heavy (non-hydrogen) atoms. The first-order valence-electron chi connectivity index (χ1n) is 4.43. The van der Waals surface area contributed by atoms with Crippen LogP contribution in [0.4, 0.5) is 5.69 Å². The van der Waals surface area contributed by atoms with Crippen molar-refractivity contribution in [1.29, 1.82) is 0 Å².